The van der Waals surface area contributed by atoms with Crippen molar-refractivity contribution in [3.8, 4) is 6.07 Å². The Morgan fingerprint density at radius 2 is 2.00 bits per heavy atom. The first kappa shape index (κ1) is 13.3. The summed E-state index contributed by atoms with van der Waals surface area (Å²) >= 11 is 5.88. The van der Waals surface area contributed by atoms with Crippen LogP contribution in [0, 0.1) is 17.1 Å². The Labute approximate surface area is 111 Å². The fourth-order valence-corrected chi connectivity index (χ4v) is 2.33. The van der Waals surface area contributed by atoms with Crippen LogP contribution in [0.2, 0.25) is 5.02 Å². The first-order chi connectivity index (χ1) is 8.61. The molecule has 5 heteroatoms. The molecule has 1 saturated heterocycles. The largest absolute Gasteiger partial charge is 0.304 e. The highest BCUT2D eigenvalue weighted by Crippen LogP contribution is 2.26. The zero-order valence-electron chi connectivity index (χ0n) is 10.2. The number of benzene rings is 1. The van der Waals surface area contributed by atoms with Crippen molar-refractivity contribution in [3.63, 3.8) is 0 Å². The highest BCUT2D eigenvalue weighted by molar-refractivity contribution is 6.30. The number of piperazine rings is 1. The van der Waals surface area contributed by atoms with Crippen molar-refractivity contribution in [2.24, 2.45) is 0 Å². The van der Waals surface area contributed by atoms with Crippen molar-refractivity contribution in [3.05, 3.63) is 34.6 Å². The van der Waals surface area contributed by atoms with Gasteiger partial charge < -0.3 is 4.90 Å². The predicted molar refractivity (Wildman–Crippen MR) is 68.8 cm³/mol. The zero-order valence-corrected chi connectivity index (χ0v) is 11.0. The van der Waals surface area contributed by atoms with Gasteiger partial charge in [-0.1, -0.05) is 11.6 Å². The quantitative estimate of drug-likeness (QED) is 0.824. The average Bonchev–Trinajstić information content (AvgIpc) is 2.37. The van der Waals surface area contributed by atoms with Crippen LogP contribution in [-0.4, -0.2) is 43.0 Å². The van der Waals surface area contributed by atoms with Gasteiger partial charge in [-0.2, -0.15) is 5.26 Å². The van der Waals surface area contributed by atoms with Crippen molar-refractivity contribution in [2.45, 2.75) is 6.04 Å². The van der Waals surface area contributed by atoms with Gasteiger partial charge in [0.15, 0.2) is 0 Å². The Bertz CT molecular complexity index is 464. The molecule has 0 radical (unpaired) electrons. The van der Waals surface area contributed by atoms with Crippen LogP contribution in [0.5, 0.6) is 0 Å². The molecular formula is C13H15ClFN3. The summed E-state index contributed by atoms with van der Waals surface area (Å²) < 4.78 is 13.8. The molecule has 1 unspecified atom stereocenters. The van der Waals surface area contributed by atoms with Gasteiger partial charge in [-0.05, 0) is 25.2 Å². The van der Waals surface area contributed by atoms with Crippen molar-refractivity contribution in [1.29, 1.82) is 5.26 Å². The second kappa shape index (κ2) is 5.66. The zero-order chi connectivity index (χ0) is 13.1. The number of nitrogens with zero attached hydrogens (tertiary/aromatic N) is 3. The number of hydrogen-bond donors (Lipinski definition) is 0. The normalized spacial score (nSPS) is 19.4. The van der Waals surface area contributed by atoms with Gasteiger partial charge in [0, 0.05) is 36.8 Å². The van der Waals surface area contributed by atoms with E-state index in [9.17, 15) is 9.65 Å². The molecule has 0 bridgehead atoms. The van der Waals surface area contributed by atoms with E-state index in [1.54, 1.807) is 6.07 Å². The molecule has 1 atom stereocenters. The lowest BCUT2D eigenvalue weighted by molar-refractivity contribution is 0.131. The summed E-state index contributed by atoms with van der Waals surface area (Å²) in [6, 6.07) is 5.98. The minimum absolute atomic E-state index is 0.370. The Balaban J connectivity index is 2.23. The first-order valence-corrected chi connectivity index (χ1v) is 6.27. The SMILES string of the molecule is CN1CCN(C(C#N)c2cc(Cl)ccc2F)CC1. The lowest BCUT2D eigenvalue weighted by atomic mass is 10.0. The van der Waals surface area contributed by atoms with E-state index in [-0.39, 0.29) is 5.82 Å². The van der Waals surface area contributed by atoms with Crippen LogP contribution in [0.1, 0.15) is 11.6 Å². The molecule has 0 aromatic heterocycles. The molecule has 0 spiro atoms. The smallest absolute Gasteiger partial charge is 0.129 e. The molecule has 0 amide bonds. The van der Waals surface area contributed by atoms with Gasteiger partial charge in [-0.25, -0.2) is 4.39 Å². The number of halogens is 2. The molecule has 18 heavy (non-hydrogen) atoms. The third kappa shape index (κ3) is 2.81. The summed E-state index contributed by atoms with van der Waals surface area (Å²) in [6.45, 7) is 3.31. The van der Waals surface area contributed by atoms with Crippen molar-refractivity contribution in [1.82, 2.24) is 9.80 Å². The summed E-state index contributed by atoms with van der Waals surface area (Å²) in [5.74, 6) is -0.370. The highest BCUT2D eigenvalue weighted by atomic mass is 35.5. The minimum Gasteiger partial charge on any atom is -0.304 e. The summed E-state index contributed by atoms with van der Waals surface area (Å²) in [4.78, 5) is 4.19. The molecule has 2 rings (SSSR count). The molecule has 1 heterocycles. The molecule has 0 aliphatic carbocycles. The minimum atomic E-state index is -0.558. The Morgan fingerprint density at radius 1 is 1.33 bits per heavy atom. The van der Waals surface area contributed by atoms with Crippen LogP contribution in [0.15, 0.2) is 18.2 Å². The fourth-order valence-electron chi connectivity index (χ4n) is 2.15. The lowest BCUT2D eigenvalue weighted by Gasteiger charge is -2.35. The van der Waals surface area contributed by atoms with Crippen LogP contribution in [0.25, 0.3) is 0 Å². The molecule has 0 saturated carbocycles. The summed E-state index contributed by atoms with van der Waals surface area (Å²) in [6.07, 6.45) is 0. The fraction of sp³-hybridized carbons (Fsp3) is 0.462. The molecular weight excluding hydrogens is 253 g/mol. The van der Waals surface area contributed by atoms with E-state index in [0.717, 1.165) is 26.2 Å². The topological polar surface area (TPSA) is 30.3 Å². The second-order valence-electron chi connectivity index (χ2n) is 4.54. The van der Waals surface area contributed by atoms with Gasteiger partial charge in [0.1, 0.15) is 11.9 Å². The molecule has 0 N–H and O–H groups in total. The average molecular weight is 268 g/mol. The molecule has 1 fully saturated rings. The molecule has 96 valence electrons. The van der Waals surface area contributed by atoms with Gasteiger partial charge in [0.2, 0.25) is 0 Å². The Morgan fingerprint density at radius 3 is 2.61 bits per heavy atom. The third-order valence-corrected chi connectivity index (χ3v) is 3.51. The van der Waals surface area contributed by atoms with E-state index >= 15 is 0 Å². The molecule has 1 aliphatic rings. The van der Waals surface area contributed by atoms with Crippen LogP contribution < -0.4 is 0 Å². The molecule has 1 aromatic rings. The van der Waals surface area contributed by atoms with E-state index < -0.39 is 6.04 Å². The van der Waals surface area contributed by atoms with Crippen molar-refractivity contribution >= 4 is 11.6 Å². The van der Waals surface area contributed by atoms with E-state index in [1.165, 1.54) is 12.1 Å². The van der Waals surface area contributed by atoms with Crippen LogP contribution in [0.3, 0.4) is 0 Å². The van der Waals surface area contributed by atoms with Gasteiger partial charge in [0.05, 0.1) is 6.07 Å². The van der Waals surface area contributed by atoms with Crippen LogP contribution in [0.4, 0.5) is 4.39 Å². The molecule has 1 aromatic carbocycles. The predicted octanol–water partition coefficient (Wildman–Crippen LogP) is 2.29. The van der Waals surface area contributed by atoms with Gasteiger partial charge >= 0.3 is 0 Å². The standard InChI is InChI=1S/C13H15ClFN3/c1-17-4-6-18(7-5-17)13(9-16)11-8-10(14)2-3-12(11)15/h2-3,8,13H,4-7H2,1H3. The summed E-state index contributed by atoms with van der Waals surface area (Å²) in [5, 5.41) is 9.76. The van der Waals surface area contributed by atoms with E-state index in [2.05, 4.69) is 11.0 Å². The van der Waals surface area contributed by atoms with E-state index in [0.29, 0.717) is 10.6 Å². The molecule has 3 nitrogen and oxygen atoms in total. The number of likely N-dealkylation sites (N-methyl/N-ethyl adjacent to an activating group) is 1. The first-order valence-electron chi connectivity index (χ1n) is 5.89. The Hall–Kier alpha value is -1.15. The number of nitriles is 1. The van der Waals surface area contributed by atoms with E-state index in [1.807, 2.05) is 11.9 Å². The highest BCUT2D eigenvalue weighted by Gasteiger charge is 2.25. The van der Waals surface area contributed by atoms with Gasteiger partial charge in [-0.3, -0.25) is 4.90 Å². The maximum absolute atomic E-state index is 13.8. The van der Waals surface area contributed by atoms with Gasteiger partial charge in [-0.15, -0.1) is 0 Å². The second-order valence-corrected chi connectivity index (χ2v) is 4.97. The van der Waals surface area contributed by atoms with Crippen molar-refractivity contribution < 1.29 is 4.39 Å². The van der Waals surface area contributed by atoms with Gasteiger partial charge in [0.25, 0.3) is 0 Å². The third-order valence-electron chi connectivity index (χ3n) is 3.28. The van der Waals surface area contributed by atoms with E-state index in [4.69, 9.17) is 11.6 Å². The number of hydrogen-bond acceptors (Lipinski definition) is 3. The van der Waals surface area contributed by atoms with Crippen LogP contribution in [-0.2, 0) is 0 Å². The Kier molecular flexibility index (Phi) is 4.18. The lowest BCUT2D eigenvalue weighted by Crippen LogP contribution is -2.45. The monoisotopic (exact) mass is 267 g/mol. The summed E-state index contributed by atoms with van der Waals surface area (Å²) in [7, 11) is 2.04. The van der Waals surface area contributed by atoms with Crippen molar-refractivity contribution in [2.75, 3.05) is 33.2 Å². The van der Waals surface area contributed by atoms with Crippen LogP contribution >= 0.6 is 11.6 Å². The molecule has 1 aliphatic heterocycles. The number of rotatable bonds is 2. The maximum Gasteiger partial charge on any atom is 0.129 e. The summed E-state index contributed by atoms with van der Waals surface area (Å²) in [5.41, 5.74) is 0.370. The maximum atomic E-state index is 13.8.